The first-order valence-electron chi connectivity index (χ1n) is 8.16. The second-order valence-electron chi connectivity index (χ2n) is 6.02. The molecule has 0 aromatic rings. The van der Waals surface area contributed by atoms with Crippen molar-refractivity contribution in [3.63, 3.8) is 0 Å². The van der Waals surface area contributed by atoms with Crippen LogP contribution in [-0.2, 0) is 4.79 Å². The lowest BCUT2D eigenvalue weighted by Gasteiger charge is -2.29. The molecule has 1 fully saturated rings. The lowest BCUT2D eigenvalue weighted by Crippen LogP contribution is -2.41. The predicted octanol–water partition coefficient (Wildman–Crippen LogP) is 3.32. The quantitative estimate of drug-likeness (QED) is 0.652. The van der Waals surface area contributed by atoms with E-state index in [4.69, 9.17) is 5.73 Å². The molecule has 3 heteroatoms. The van der Waals surface area contributed by atoms with E-state index in [2.05, 4.69) is 6.92 Å². The summed E-state index contributed by atoms with van der Waals surface area (Å²) in [6, 6.07) is 0.401. The summed E-state index contributed by atoms with van der Waals surface area (Å²) in [5.74, 6) is 0.847. The largest absolute Gasteiger partial charge is 0.342 e. The molecule has 1 aliphatic carbocycles. The monoisotopic (exact) mass is 268 g/mol. The van der Waals surface area contributed by atoms with Gasteiger partial charge in [0.25, 0.3) is 0 Å². The van der Waals surface area contributed by atoms with E-state index in [1.807, 2.05) is 11.9 Å². The number of carbonyl (C=O) groups excluding carboxylic acids is 1. The third-order valence-corrected chi connectivity index (χ3v) is 4.56. The van der Waals surface area contributed by atoms with Gasteiger partial charge >= 0.3 is 0 Å². The molecule has 0 radical (unpaired) electrons. The molecular weight excluding hydrogens is 236 g/mol. The van der Waals surface area contributed by atoms with Crippen molar-refractivity contribution in [3.05, 3.63) is 0 Å². The zero-order valence-electron chi connectivity index (χ0n) is 12.9. The van der Waals surface area contributed by atoms with E-state index in [9.17, 15) is 4.79 Å². The summed E-state index contributed by atoms with van der Waals surface area (Å²) in [5, 5.41) is 0. The van der Waals surface area contributed by atoms with Gasteiger partial charge in [0.05, 0.1) is 0 Å². The average Bonchev–Trinajstić information content (AvgIpc) is 2.89. The average molecular weight is 268 g/mol. The number of amides is 1. The van der Waals surface area contributed by atoms with Gasteiger partial charge in [0.2, 0.25) is 5.91 Å². The second-order valence-corrected chi connectivity index (χ2v) is 6.02. The van der Waals surface area contributed by atoms with E-state index >= 15 is 0 Å². The fourth-order valence-electron chi connectivity index (χ4n) is 3.22. The first-order valence-corrected chi connectivity index (χ1v) is 8.16. The summed E-state index contributed by atoms with van der Waals surface area (Å²) >= 11 is 0. The number of rotatable bonds is 9. The normalized spacial score (nSPS) is 22.7. The molecule has 19 heavy (non-hydrogen) atoms. The molecule has 0 aromatic carbocycles. The molecule has 1 saturated carbocycles. The zero-order valence-corrected chi connectivity index (χ0v) is 12.9. The van der Waals surface area contributed by atoms with Crippen LogP contribution in [0, 0.1) is 5.92 Å². The molecule has 0 spiro atoms. The molecule has 112 valence electrons. The van der Waals surface area contributed by atoms with Crippen LogP contribution in [0.4, 0.5) is 0 Å². The van der Waals surface area contributed by atoms with Crippen molar-refractivity contribution >= 4 is 5.91 Å². The van der Waals surface area contributed by atoms with Crippen molar-refractivity contribution in [2.24, 2.45) is 11.7 Å². The third kappa shape index (κ3) is 5.52. The molecule has 1 rings (SSSR count). The molecule has 1 amide bonds. The molecule has 0 aliphatic heterocycles. The predicted molar refractivity (Wildman–Crippen MR) is 80.9 cm³/mol. The Kier molecular flexibility index (Phi) is 8.11. The Morgan fingerprint density at radius 2 is 1.84 bits per heavy atom. The van der Waals surface area contributed by atoms with Crippen molar-refractivity contribution in [3.8, 4) is 0 Å². The maximum atomic E-state index is 12.2. The summed E-state index contributed by atoms with van der Waals surface area (Å²) in [6.07, 6.45) is 11.7. The van der Waals surface area contributed by atoms with Crippen LogP contribution in [0.15, 0.2) is 0 Å². The van der Waals surface area contributed by atoms with Crippen LogP contribution in [-0.4, -0.2) is 30.4 Å². The number of carbonyl (C=O) groups is 1. The van der Waals surface area contributed by atoms with Crippen molar-refractivity contribution in [1.29, 1.82) is 0 Å². The molecule has 3 nitrogen and oxygen atoms in total. The van der Waals surface area contributed by atoms with Gasteiger partial charge in [0, 0.05) is 19.5 Å². The van der Waals surface area contributed by atoms with Gasteiger partial charge in [0.15, 0.2) is 0 Å². The van der Waals surface area contributed by atoms with E-state index in [-0.39, 0.29) is 0 Å². The van der Waals surface area contributed by atoms with Crippen molar-refractivity contribution in [1.82, 2.24) is 4.90 Å². The Balaban J connectivity index is 2.17. The van der Waals surface area contributed by atoms with Crippen LogP contribution in [0.5, 0.6) is 0 Å². The maximum absolute atomic E-state index is 12.2. The molecule has 1 aliphatic rings. The molecular formula is C16H32N2O. The molecule has 0 heterocycles. The summed E-state index contributed by atoms with van der Waals surface area (Å²) in [6.45, 7) is 2.95. The third-order valence-electron chi connectivity index (χ3n) is 4.56. The highest BCUT2D eigenvalue weighted by Crippen LogP contribution is 2.29. The van der Waals surface area contributed by atoms with E-state index in [0.29, 0.717) is 17.9 Å². The van der Waals surface area contributed by atoms with Gasteiger partial charge in [0.1, 0.15) is 0 Å². The van der Waals surface area contributed by atoms with Gasteiger partial charge in [-0.1, -0.05) is 45.4 Å². The summed E-state index contributed by atoms with van der Waals surface area (Å²) in [7, 11) is 1.97. The fourth-order valence-corrected chi connectivity index (χ4v) is 3.22. The van der Waals surface area contributed by atoms with Gasteiger partial charge in [-0.2, -0.15) is 0 Å². The highest BCUT2D eigenvalue weighted by atomic mass is 16.2. The Morgan fingerprint density at radius 1 is 1.16 bits per heavy atom. The number of hydrogen-bond donors (Lipinski definition) is 1. The van der Waals surface area contributed by atoms with E-state index in [0.717, 1.165) is 25.8 Å². The minimum atomic E-state index is 0.320. The maximum Gasteiger partial charge on any atom is 0.222 e. The van der Waals surface area contributed by atoms with Gasteiger partial charge in [-0.15, -0.1) is 0 Å². The van der Waals surface area contributed by atoms with Gasteiger partial charge in [-0.25, -0.2) is 0 Å². The minimum absolute atomic E-state index is 0.320. The van der Waals surface area contributed by atoms with Crippen LogP contribution in [0.3, 0.4) is 0 Å². The molecule has 0 saturated heterocycles. The van der Waals surface area contributed by atoms with E-state index in [1.54, 1.807) is 0 Å². The molecule has 2 N–H and O–H groups in total. The Morgan fingerprint density at radius 3 is 2.53 bits per heavy atom. The van der Waals surface area contributed by atoms with Crippen LogP contribution < -0.4 is 5.73 Å². The number of unbranched alkanes of at least 4 members (excludes halogenated alkanes) is 5. The summed E-state index contributed by atoms with van der Waals surface area (Å²) < 4.78 is 0. The van der Waals surface area contributed by atoms with Gasteiger partial charge < -0.3 is 10.6 Å². The van der Waals surface area contributed by atoms with Crippen molar-refractivity contribution in [2.45, 2.75) is 77.2 Å². The Labute approximate surface area is 118 Å². The molecule has 2 atom stereocenters. The number of nitrogens with zero attached hydrogens (tertiary/aromatic N) is 1. The summed E-state index contributed by atoms with van der Waals surface area (Å²) in [4.78, 5) is 14.1. The zero-order chi connectivity index (χ0) is 14.1. The molecule has 0 aromatic heterocycles. The highest BCUT2D eigenvalue weighted by molar-refractivity contribution is 5.76. The van der Waals surface area contributed by atoms with Crippen molar-refractivity contribution < 1.29 is 4.79 Å². The van der Waals surface area contributed by atoms with Crippen LogP contribution in [0.1, 0.15) is 71.1 Å². The van der Waals surface area contributed by atoms with Gasteiger partial charge in [-0.3, -0.25) is 4.79 Å². The fraction of sp³-hybridized carbons (Fsp3) is 0.938. The lowest BCUT2D eigenvalue weighted by molar-refractivity contribution is -0.132. The highest BCUT2D eigenvalue weighted by Gasteiger charge is 2.31. The Bertz CT molecular complexity index is 255. The molecule has 2 unspecified atom stereocenters. The van der Waals surface area contributed by atoms with Crippen LogP contribution >= 0.6 is 0 Å². The SMILES string of the molecule is CCCCCCCCC(=O)N(C)C1CCCC1CN. The second kappa shape index (κ2) is 9.35. The first-order chi connectivity index (χ1) is 9.20. The smallest absolute Gasteiger partial charge is 0.222 e. The van der Waals surface area contributed by atoms with E-state index in [1.165, 1.54) is 44.9 Å². The molecule has 0 bridgehead atoms. The first kappa shape index (κ1) is 16.5. The summed E-state index contributed by atoms with van der Waals surface area (Å²) in [5.41, 5.74) is 5.79. The number of nitrogens with two attached hydrogens (primary N) is 1. The van der Waals surface area contributed by atoms with Crippen LogP contribution in [0.2, 0.25) is 0 Å². The van der Waals surface area contributed by atoms with E-state index < -0.39 is 0 Å². The topological polar surface area (TPSA) is 46.3 Å². The number of hydrogen-bond acceptors (Lipinski definition) is 2. The lowest BCUT2D eigenvalue weighted by atomic mass is 10.0. The Hall–Kier alpha value is -0.570. The standard InChI is InChI=1S/C16H32N2O/c1-3-4-5-6-7-8-12-16(19)18(2)15-11-9-10-14(15)13-17/h14-15H,3-13,17H2,1-2H3. The van der Waals surface area contributed by atoms with Gasteiger partial charge in [-0.05, 0) is 31.7 Å². The van der Waals surface area contributed by atoms with Crippen LogP contribution in [0.25, 0.3) is 0 Å². The minimum Gasteiger partial charge on any atom is -0.342 e. The van der Waals surface area contributed by atoms with Crippen molar-refractivity contribution in [2.75, 3.05) is 13.6 Å².